The Morgan fingerprint density at radius 1 is 1.32 bits per heavy atom. The largest absolute Gasteiger partial charge is 0.481 e. The maximum Gasteiger partial charge on any atom is 0.326 e. The molecule has 1 aliphatic heterocycles. The summed E-state index contributed by atoms with van der Waals surface area (Å²) in [4.78, 5) is 35.0. The van der Waals surface area contributed by atoms with Gasteiger partial charge in [-0.2, -0.15) is 0 Å². The van der Waals surface area contributed by atoms with E-state index in [9.17, 15) is 14.4 Å². The molecule has 0 spiro atoms. The van der Waals surface area contributed by atoms with Crippen LogP contribution in [0.3, 0.4) is 0 Å². The molecule has 7 nitrogen and oxygen atoms in total. The zero-order chi connectivity index (χ0) is 14.6. The first kappa shape index (κ1) is 15.3. The molecule has 0 radical (unpaired) electrons. The molecule has 1 rings (SSSR count). The monoisotopic (exact) mass is 272 g/mol. The summed E-state index contributed by atoms with van der Waals surface area (Å²) in [7, 11) is 0. The third kappa shape index (κ3) is 4.42. The van der Waals surface area contributed by atoms with Gasteiger partial charge in [0.15, 0.2) is 0 Å². The highest BCUT2D eigenvalue weighted by Gasteiger charge is 2.32. The number of amides is 2. The van der Waals surface area contributed by atoms with E-state index in [1.165, 1.54) is 0 Å². The highest BCUT2D eigenvalue weighted by Crippen LogP contribution is 2.22. The number of carboxylic acids is 2. The Kier molecular flexibility index (Phi) is 5.14. The lowest BCUT2D eigenvalue weighted by atomic mass is 10.1. The molecule has 1 saturated heterocycles. The van der Waals surface area contributed by atoms with Crippen molar-refractivity contribution in [2.24, 2.45) is 5.92 Å². The van der Waals surface area contributed by atoms with Gasteiger partial charge in [0, 0.05) is 19.0 Å². The van der Waals surface area contributed by atoms with Gasteiger partial charge in [-0.25, -0.2) is 9.59 Å². The van der Waals surface area contributed by atoms with Crippen LogP contribution >= 0.6 is 0 Å². The summed E-state index contributed by atoms with van der Waals surface area (Å²) in [5.41, 5.74) is 0. The van der Waals surface area contributed by atoms with Gasteiger partial charge in [0.1, 0.15) is 6.04 Å². The van der Waals surface area contributed by atoms with Crippen LogP contribution in [0.4, 0.5) is 4.79 Å². The van der Waals surface area contributed by atoms with Crippen molar-refractivity contribution in [2.75, 3.05) is 6.54 Å². The smallest absolute Gasteiger partial charge is 0.326 e. The van der Waals surface area contributed by atoms with E-state index in [2.05, 4.69) is 5.32 Å². The van der Waals surface area contributed by atoms with Gasteiger partial charge >= 0.3 is 18.0 Å². The first-order valence-electron chi connectivity index (χ1n) is 6.33. The zero-order valence-corrected chi connectivity index (χ0v) is 11.1. The molecule has 3 atom stereocenters. The molecule has 1 fully saturated rings. The molecular weight excluding hydrogens is 252 g/mol. The van der Waals surface area contributed by atoms with Crippen molar-refractivity contribution >= 4 is 18.0 Å². The molecule has 108 valence electrons. The molecule has 0 bridgehead atoms. The van der Waals surface area contributed by atoms with Crippen molar-refractivity contribution in [3.63, 3.8) is 0 Å². The van der Waals surface area contributed by atoms with Crippen molar-refractivity contribution in [3.05, 3.63) is 0 Å². The summed E-state index contributed by atoms with van der Waals surface area (Å²) < 4.78 is 0. The standard InChI is InChI=1S/C12H20N2O5/c1-7-5-8(2)14(6-7)12(19)13-9(11(17)18)3-4-10(15)16/h7-9H,3-6H2,1-2H3,(H,13,19)(H,15,16)(H,17,18). The second-order valence-electron chi connectivity index (χ2n) is 5.11. The van der Waals surface area contributed by atoms with Crippen molar-refractivity contribution in [3.8, 4) is 0 Å². The van der Waals surface area contributed by atoms with Gasteiger partial charge in [0.25, 0.3) is 0 Å². The lowest BCUT2D eigenvalue weighted by Crippen LogP contribution is -2.49. The van der Waals surface area contributed by atoms with Crippen LogP contribution in [-0.2, 0) is 9.59 Å². The van der Waals surface area contributed by atoms with E-state index >= 15 is 0 Å². The average molecular weight is 272 g/mol. The highest BCUT2D eigenvalue weighted by molar-refractivity contribution is 5.83. The summed E-state index contributed by atoms with van der Waals surface area (Å²) in [6, 6.07) is -1.52. The van der Waals surface area contributed by atoms with Crippen LogP contribution in [0.2, 0.25) is 0 Å². The summed E-state index contributed by atoms with van der Waals surface area (Å²) in [5.74, 6) is -1.90. The number of aliphatic carboxylic acids is 2. The van der Waals surface area contributed by atoms with Crippen molar-refractivity contribution in [1.29, 1.82) is 0 Å². The number of nitrogens with zero attached hydrogens (tertiary/aromatic N) is 1. The topological polar surface area (TPSA) is 107 Å². The second-order valence-corrected chi connectivity index (χ2v) is 5.11. The van der Waals surface area contributed by atoms with Crippen LogP contribution in [0.15, 0.2) is 0 Å². The molecule has 3 unspecified atom stereocenters. The van der Waals surface area contributed by atoms with Crippen molar-refractivity contribution < 1.29 is 24.6 Å². The predicted molar refractivity (Wildman–Crippen MR) is 66.8 cm³/mol. The first-order valence-corrected chi connectivity index (χ1v) is 6.33. The molecule has 7 heteroatoms. The van der Waals surface area contributed by atoms with Gasteiger partial charge < -0.3 is 20.4 Å². The van der Waals surface area contributed by atoms with Crippen LogP contribution in [0, 0.1) is 5.92 Å². The minimum absolute atomic E-state index is 0.0731. The van der Waals surface area contributed by atoms with E-state index in [1.54, 1.807) is 4.90 Å². The van der Waals surface area contributed by atoms with Crippen LogP contribution in [0.1, 0.15) is 33.1 Å². The molecule has 2 amide bonds. The summed E-state index contributed by atoms with van der Waals surface area (Å²) in [6.07, 6.45) is 0.484. The molecule has 0 aromatic rings. The van der Waals surface area contributed by atoms with Crippen LogP contribution in [0.25, 0.3) is 0 Å². The van der Waals surface area contributed by atoms with E-state index in [-0.39, 0.29) is 18.9 Å². The molecule has 0 aromatic heterocycles. The third-order valence-electron chi connectivity index (χ3n) is 3.29. The number of urea groups is 1. The Morgan fingerprint density at radius 2 is 1.95 bits per heavy atom. The molecule has 0 aromatic carbocycles. The number of nitrogens with one attached hydrogen (secondary N) is 1. The second kappa shape index (κ2) is 6.40. The van der Waals surface area contributed by atoms with Gasteiger partial charge in [0.2, 0.25) is 0 Å². The first-order chi connectivity index (χ1) is 8.81. The van der Waals surface area contributed by atoms with Crippen LogP contribution in [0.5, 0.6) is 0 Å². The normalized spacial score (nSPS) is 24.0. The zero-order valence-electron chi connectivity index (χ0n) is 11.1. The number of hydrogen-bond acceptors (Lipinski definition) is 3. The Bertz CT molecular complexity index is 371. The van der Waals surface area contributed by atoms with Gasteiger partial charge in [0.05, 0.1) is 0 Å². The van der Waals surface area contributed by atoms with Crippen LogP contribution in [-0.4, -0.2) is 51.7 Å². The molecule has 1 aliphatic rings. The number of hydrogen-bond donors (Lipinski definition) is 3. The van der Waals surface area contributed by atoms with Crippen molar-refractivity contribution in [2.45, 2.75) is 45.2 Å². The van der Waals surface area contributed by atoms with E-state index in [0.717, 1.165) is 6.42 Å². The van der Waals surface area contributed by atoms with E-state index < -0.39 is 24.0 Å². The predicted octanol–water partition coefficient (Wildman–Crippen LogP) is 0.744. The molecule has 1 heterocycles. The quantitative estimate of drug-likeness (QED) is 0.684. The Hall–Kier alpha value is -1.79. The molecular formula is C12H20N2O5. The van der Waals surface area contributed by atoms with Crippen molar-refractivity contribution in [1.82, 2.24) is 10.2 Å². The Balaban J connectivity index is 2.56. The SMILES string of the molecule is CC1CC(C)N(C(=O)NC(CCC(=O)O)C(=O)O)C1. The lowest BCUT2D eigenvalue weighted by molar-refractivity contribution is -0.140. The minimum Gasteiger partial charge on any atom is -0.481 e. The Labute approximate surface area is 111 Å². The van der Waals surface area contributed by atoms with E-state index in [0.29, 0.717) is 12.5 Å². The number of likely N-dealkylation sites (tertiary alicyclic amines) is 1. The van der Waals surface area contributed by atoms with E-state index in [4.69, 9.17) is 10.2 Å². The minimum atomic E-state index is -1.21. The molecule has 3 N–H and O–H groups in total. The van der Waals surface area contributed by atoms with Gasteiger partial charge in [-0.3, -0.25) is 4.79 Å². The molecule has 0 aliphatic carbocycles. The maximum absolute atomic E-state index is 12.0. The average Bonchev–Trinajstić information content (AvgIpc) is 2.62. The number of carboxylic acid groups (broad SMARTS) is 2. The fourth-order valence-electron chi connectivity index (χ4n) is 2.34. The number of carbonyl (C=O) groups excluding carboxylic acids is 1. The summed E-state index contributed by atoms with van der Waals surface area (Å²) in [6.45, 7) is 4.54. The summed E-state index contributed by atoms with van der Waals surface area (Å²) >= 11 is 0. The fraction of sp³-hybridized carbons (Fsp3) is 0.750. The summed E-state index contributed by atoms with van der Waals surface area (Å²) in [5, 5.41) is 19.9. The van der Waals surface area contributed by atoms with Crippen LogP contribution < -0.4 is 5.32 Å². The maximum atomic E-state index is 12.0. The van der Waals surface area contributed by atoms with E-state index in [1.807, 2.05) is 13.8 Å². The van der Waals surface area contributed by atoms with Gasteiger partial charge in [-0.1, -0.05) is 6.92 Å². The fourth-order valence-corrected chi connectivity index (χ4v) is 2.34. The Morgan fingerprint density at radius 3 is 2.37 bits per heavy atom. The van der Waals surface area contributed by atoms with Gasteiger partial charge in [-0.15, -0.1) is 0 Å². The molecule has 0 saturated carbocycles. The number of rotatable bonds is 5. The van der Waals surface area contributed by atoms with Gasteiger partial charge in [-0.05, 0) is 25.7 Å². The highest BCUT2D eigenvalue weighted by atomic mass is 16.4. The lowest BCUT2D eigenvalue weighted by Gasteiger charge is -2.24. The molecule has 19 heavy (non-hydrogen) atoms. The number of carbonyl (C=O) groups is 3. The third-order valence-corrected chi connectivity index (χ3v) is 3.29.